The lowest BCUT2D eigenvalue weighted by molar-refractivity contribution is 0.426. The third kappa shape index (κ3) is 1.98. The predicted molar refractivity (Wildman–Crippen MR) is 67.4 cm³/mol. The van der Waals surface area contributed by atoms with Crippen LogP contribution >= 0.6 is 11.8 Å². The highest BCUT2D eigenvalue weighted by atomic mass is 32.2. The Bertz CT molecular complexity index is 372. The molecule has 1 aliphatic rings. The summed E-state index contributed by atoms with van der Waals surface area (Å²) in [4.78, 5) is 0.978. The SMILES string of the molecule is CSc1ccc(C2(CN)CCCC2)c(F)c1. The lowest BCUT2D eigenvalue weighted by Crippen LogP contribution is -2.33. The normalized spacial score (nSPS) is 18.9. The van der Waals surface area contributed by atoms with Crippen LogP contribution in [0.3, 0.4) is 0 Å². The molecule has 0 amide bonds. The Hall–Kier alpha value is -0.540. The number of hydrogen-bond acceptors (Lipinski definition) is 2. The Labute approximate surface area is 101 Å². The second kappa shape index (κ2) is 4.76. The fraction of sp³-hybridized carbons (Fsp3) is 0.538. The van der Waals surface area contributed by atoms with Crippen LogP contribution in [0.15, 0.2) is 23.1 Å². The van der Waals surface area contributed by atoms with E-state index in [1.54, 1.807) is 17.8 Å². The van der Waals surface area contributed by atoms with E-state index >= 15 is 0 Å². The zero-order chi connectivity index (χ0) is 11.6. The molecule has 2 rings (SSSR count). The van der Waals surface area contributed by atoms with E-state index in [2.05, 4.69) is 0 Å². The van der Waals surface area contributed by atoms with E-state index in [0.717, 1.165) is 23.3 Å². The zero-order valence-electron chi connectivity index (χ0n) is 9.63. The van der Waals surface area contributed by atoms with Gasteiger partial charge in [-0.2, -0.15) is 0 Å². The molecule has 0 spiro atoms. The quantitative estimate of drug-likeness (QED) is 0.819. The topological polar surface area (TPSA) is 26.0 Å². The van der Waals surface area contributed by atoms with Crippen molar-refractivity contribution in [2.45, 2.75) is 36.0 Å². The Morgan fingerprint density at radius 1 is 1.38 bits per heavy atom. The molecular formula is C13H18FNS. The molecule has 1 saturated carbocycles. The maximum atomic E-state index is 14.1. The fourth-order valence-electron chi connectivity index (χ4n) is 2.69. The zero-order valence-corrected chi connectivity index (χ0v) is 10.4. The van der Waals surface area contributed by atoms with Crippen LogP contribution in [0.2, 0.25) is 0 Å². The van der Waals surface area contributed by atoms with Gasteiger partial charge < -0.3 is 5.73 Å². The van der Waals surface area contributed by atoms with Crippen molar-refractivity contribution in [1.29, 1.82) is 0 Å². The molecule has 88 valence electrons. The Balaban J connectivity index is 2.38. The van der Waals surface area contributed by atoms with Gasteiger partial charge in [0.25, 0.3) is 0 Å². The van der Waals surface area contributed by atoms with E-state index in [1.807, 2.05) is 18.4 Å². The van der Waals surface area contributed by atoms with Crippen LogP contribution in [0.4, 0.5) is 4.39 Å². The molecule has 0 radical (unpaired) electrons. The van der Waals surface area contributed by atoms with Gasteiger partial charge in [0.05, 0.1) is 0 Å². The van der Waals surface area contributed by atoms with E-state index in [1.165, 1.54) is 12.8 Å². The van der Waals surface area contributed by atoms with Crippen molar-refractivity contribution in [3.63, 3.8) is 0 Å². The van der Waals surface area contributed by atoms with E-state index in [4.69, 9.17) is 5.73 Å². The number of halogens is 1. The van der Waals surface area contributed by atoms with E-state index in [-0.39, 0.29) is 11.2 Å². The van der Waals surface area contributed by atoms with Crippen molar-refractivity contribution in [3.05, 3.63) is 29.6 Å². The molecule has 0 aromatic heterocycles. The van der Waals surface area contributed by atoms with Gasteiger partial charge in [0.1, 0.15) is 5.82 Å². The monoisotopic (exact) mass is 239 g/mol. The summed E-state index contributed by atoms with van der Waals surface area (Å²) >= 11 is 1.57. The molecular weight excluding hydrogens is 221 g/mol. The maximum Gasteiger partial charge on any atom is 0.128 e. The van der Waals surface area contributed by atoms with Crippen LogP contribution in [0.1, 0.15) is 31.2 Å². The Morgan fingerprint density at radius 3 is 2.56 bits per heavy atom. The van der Waals surface area contributed by atoms with Crippen molar-refractivity contribution in [3.8, 4) is 0 Å². The van der Waals surface area contributed by atoms with Crippen molar-refractivity contribution >= 4 is 11.8 Å². The highest BCUT2D eigenvalue weighted by molar-refractivity contribution is 7.98. The minimum atomic E-state index is -0.0962. The standard InChI is InChI=1S/C13H18FNS/c1-16-10-4-5-11(12(14)8-10)13(9-15)6-2-3-7-13/h4-5,8H,2-3,6-7,9,15H2,1H3. The first-order valence-corrected chi connectivity index (χ1v) is 6.98. The largest absolute Gasteiger partial charge is 0.330 e. The summed E-state index contributed by atoms with van der Waals surface area (Å²) in [7, 11) is 0. The summed E-state index contributed by atoms with van der Waals surface area (Å²) in [5, 5.41) is 0. The first kappa shape index (κ1) is 11.9. The molecule has 0 aliphatic heterocycles. The molecule has 3 heteroatoms. The van der Waals surface area contributed by atoms with Crippen LogP contribution in [-0.4, -0.2) is 12.8 Å². The Morgan fingerprint density at radius 2 is 2.06 bits per heavy atom. The first-order valence-electron chi connectivity index (χ1n) is 5.76. The molecule has 1 nitrogen and oxygen atoms in total. The second-order valence-electron chi connectivity index (χ2n) is 4.54. The summed E-state index contributed by atoms with van der Waals surface area (Å²) in [5.74, 6) is -0.0841. The highest BCUT2D eigenvalue weighted by Crippen LogP contribution is 2.41. The molecule has 0 saturated heterocycles. The van der Waals surface area contributed by atoms with Crippen molar-refractivity contribution in [2.75, 3.05) is 12.8 Å². The summed E-state index contributed by atoms with van der Waals surface area (Å²) in [6.45, 7) is 0.558. The van der Waals surface area contributed by atoms with E-state index in [9.17, 15) is 4.39 Å². The third-order valence-electron chi connectivity index (χ3n) is 3.70. The summed E-state index contributed by atoms with van der Waals surface area (Å²) < 4.78 is 14.1. The molecule has 0 bridgehead atoms. The molecule has 2 N–H and O–H groups in total. The average molecular weight is 239 g/mol. The van der Waals surface area contributed by atoms with Crippen molar-refractivity contribution in [2.24, 2.45) is 5.73 Å². The minimum Gasteiger partial charge on any atom is -0.330 e. The summed E-state index contributed by atoms with van der Waals surface area (Å²) in [5.41, 5.74) is 6.60. The molecule has 0 unspecified atom stereocenters. The van der Waals surface area contributed by atoms with Gasteiger partial charge >= 0.3 is 0 Å². The minimum absolute atomic E-state index is 0.0841. The highest BCUT2D eigenvalue weighted by Gasteiger charge is 2.36. The number of thioether (sulfide) groups is 1. The van der Waals surface area contributed by atoms with Gasteiger partial charge in [0.15, 0.2) is 0 Å². The van der Waals surface area contributed by atoms with Crippen molar-refractivity contribution in [1.82, 2.24) is 0 Å². The molecule has 1 aromatic carbocycles. The van der Waals surface area contributed by atoms with Crippen LogP contribution in [0.25, 0.3) is 0 Å². The van der Waals surface area contributed by atoms with Gasteiger partial charge in [-0.05, 0) is 36.8 Å². The molecule has 1 aromatic rings. The van der Waals surface area contributed by atoms with Crippen LogP contribution in [-0.2, 0) is 5.41 Å². The van der Waals surface area contributed by atoms with Crippen molar-refractivity contribution < 1.29 is 4.39 Å². The number of nitrogens with two attached hydrogens (primary N) is 1. The first-order chi connectivity index (χ1) is 7.72. The second-order valence-corrected chi connectivity index (χ2v) is 5.42. The average Bonchev–Trinajstić information content (AvgIpc) is 2.78. The van der Waals surface area contributed by atoms with Gasteiger partial charge in [0.2, 0.25) is 0 Å². The van der Waals surface area contributed by atoms with Crippen LogP contribution < -0.4 is 5.73 Å². The fourth-order valence-corrected chi connectivity index (χ4v) is 3.11. The molecule has 0 atom stereocenters. The van der Waals surface area contributed by atoms with Gasteiger partial charge in [0, 0.05) is 16.9 Å². The molecule has 16 heavy (non-hydrogen) atoms. The predicted octanol–water partition coefficient (Wildman–Crippen LogP) is 3.32. The van der Waals surface area contributed by atoms with Gasteiger partial charge in [-0.15, -0.1) is 11.8 Å². The van der Waals surface area contributed by atoms with E-state index in [0.29, 0.717) is 6.54 Å². The Kier molecular flexibility index (Phi) is 3.55. The molecule has 1 aliphatic carbocycles. The smallest absolute Gasteiger partial charge is 0.128 e. The summed E-state index contributed by atoms with van der Waals surface area (Å²) in [6.07, 6.45) is 6.35. The van der Waals surface area contributed by atoms with Gasteiger partial charge in [-0.1, -0.05) is 18.9 Å². The lowest BCUT2D eigenvalue weighted by Gasteiger charge is -2.28. The van der Waals surface area contributed by atoms with Crippen LogP contribution in [0.5, 0.6) is 0 Å². The van der Waals surface area contributed by atoms with Gasteiger partial charge in [-0.3, -0.25) is 0 Å². The molecule has 1 fully saturated rings. The third-order valence-corrected chi connectivity index (χ3v) is 4.42. The van der Waals surface area contributed by atoms with Gasteiger partial charge in [-0.25, -0.2) is 4.39 Å². The number of benzene rings is 1. The molecule has 0 heterocycles. The number of hydrogen-bond donors (Lipinski definition) is 1. The lowest BCUT2D eigenvalue weighted by atomic mass is 9.79. The maximum absolute atomic E-state index is 14.1. The summed E-state index contributed by atoms with van der Waals surface area (Å²) in [6, 6.07) is 5.56. The van der Waals surface area contributed by atoms with E-state index < -0.39 is 0 Å². The van der Waals surface area contributed by atoms with Crippen LogP contribution in [0, 0.1) is 5.82 Å². The number of rotatable bonds is 3.